The Hall–Kier alpha value is 0.100. The number of carbonyl (C=O) groups excluding carboxylic acids is 1. The lowest BCUT2D eigenvalue weighted by Gasteiger charge is -2.00. The maximum atomic E-state index is 10.3. The molecule has 0 amide bonds. The van der Waals surface area contributed by atoms with Crippen LogP contribution in [0.2, 0.25) is 0 Å². The van der Waals surface area contributed by atoms with Crippen LogP contribution in [0, 0.1) is 0 Å². The van der Waals surface area contributed by atoms with Crippen molar-refractivity contribution in [2.24, 2.45) is 0 Å². The highest BCUT2D eigenvalue weighted by atomic mass is 127. The summed E-state index contributed by atoms with van der Waals surface area (Å²) in [5, 5.41) is 0. The average Bonchev–Trinajstić information content (AvgIpc) is 2.61. The van der Waals surface area contributed by atoms with Crippen LogP contribution in [0.1, 0.15) is 26.7 Å². The predicted molar refractivity (Wildman–Crippen MR) is 56.4 cm³/mol. The van der Waals surface area contributed by atoms with Gasteiger partial charge in [0, 0.05) is 0 Å². The lowest BCUT2D eigenvalue weighted by atomic mass is 10.0. The Morgan fingerprint density at radius 3 is 2.83 bits per heavy atom. The van der Waals surface area contributed by atoms with Gasteiger partial charge in [-0.2, -0.15) is 0 Å². The summed E-state index contributed by atoms with van der Waals surface area (Å²) < 4.78 is 6.53. The number of hydrogen-bond acceptors (Lipinski definition) is 2. The number of carbonyl (C=O) groups is 1. The monoisotopic (exact) mass is 280 g/mol. The van der Waals surface area contributed by atoms with E-state index < -0.39 is 0 Å². The normalized spacial score (nSPS) is 34.9. The molecule has 68 valence electrons. The van der Waals surface area contributed by atoms with E-state index in [1.807, 2.05) is 6.92 Å². The van der Waals surface area contributed by atoms with Gasteiger partial charge in [0.05, 0.1) is 5.60 Å². The molecular formula is C9H13IO2. The van der Waals surface area contributed by atoms with Crippen LogP contribution in [0.25, 0.3) is 0 Å². The van der Waals surface area contributed by atoms with E-state index in [1.54, 1.807) is 0 Å². The van der Waals surface area contributed by atoms with E-state index in [-0.39, 0.29) is 11.7 Å². The van der Waals surface area contributed by atoms with Crippen molar-refractivity contribution in [1.29, 1.82) is 0 Å². The fourth-order valence-corrected chi connectivity index (χ4v) is 1.50. The van der Waals surface area contributed by atoms with Crippen molar-refractivity contribution in [2.75, 3.05) is 0 Å². The number of aldehydes is 1. The van der Waals surface area contributed by atoms with Gasteiger partial charge >= 0.3 is 0 Å². The topological polar surface area (TPSA) is 29.6 Å². The molecule has 0 aromatic carbocycles. The Morgan fingerprint density at radius 1 is 1.75 bits per heavy atom. The molecule has 0 aliphatic carbocycles. The highest BCUT2D eigenvalue weighted by molar-refractivity contribution is 14.1. The smallest absolute Gasteiger partial charge is 0.151 e. The van der Waals surface area contributed by atoms with Crippen LogP contribution in [0.5, 0.6) is 0 Å². The number of allylic oxidation sites excluding steroid dienone is 2. The second-order valence-electron chi connectivity index (χ2n) is 3.32. The summed E-state index contributed by atoms with van der Waals surface area (Å²) in [6, 6.07) is 0. The zero-order chi connectivity index (χ0) is 9.19. The van der Waals surface area contributed by atoms with Gasteiger partial charge in [0.25, 0.3) is 0 Å². The number of epoxide rings is 1. The van der Waals surface area contributed by atoms with E-state index in [2.05, 4.69) is 35.6 Å². The van der Waals surface area contributed by atoms with Crippen molar-refractivity contribution in [3.63, 3.8) is 0 Å². The van der Waals surface area contributed by atoms with E-state index in [9.17, 15) is 4.79 Å². The first-order valence-electron chi connectivity index (χ1n) is 4.04. The van der Waals surface area contributed by atoms with Crippen LogP contribution in [-0.2, 0) is 9.53 Å². The molecule has 12 heavy (non-hydrogen) atoms. The van der Waals surface area contributed by atoms with Gasteiger partial charge in [-0.3, -0.25) is 0 Å². The summed E-state index contributed by atoms with van der Waals surface area (Å²) in [7, 11) is 0. The summed E-state index contributed by atoms with van der Waals surface area (Å²) >= 11 is 2.28. The minimum absolute atomic E-state index is 0.152. The highest BCUT2D eigenvalue weighted by Gasteiger charge is 2.51. The fourth-order valence-electron chi connectivity index (χ4n) is 1.19. The van der Waals surface area contributed by atoms with E-state index in [0.29, 0.717) is 0 Å². The zero-order valence-electron chi connectivity index (χ0n) is 7.34. The quantitative estimate of drug-likeness (QED) is 0.450. The fraction of sp³-hybridized carbons (Fsp3) is 0.667. The summed E-state index contributed by atoms with van der Waals surface area (Å²) in [4.78, 5) is 10.3. The molecule has 1 fully saturated rings. The van der Waals surface area contributed by atoms with E-state index in [0.717, 1.165) is 19.1 Å². The minimum Gasteiger partial charge on any atom is -0.358 e. The van der Waals surface area contributed by atoms with Gasteiger partial charge in [-0.1, -0.05) is 6.08 Å². The lowest BCUT2D eigenvalue weighted by Crippen LogP contribution is -2.09. The van der Waals surface area contributed by atoms with Gasteiger partial charge in [-0.25, -0.2) is 0 Å². The Bertz CT molecular complexity index is 209. The molecule has 0 saturated carbocycles. The predicted octanol–water partition coefficient (Wildman–Crippen LogP) is 2.46. The molecule has 0 N–H and O–H groups in total. The van der Waals surface area contributed by atoms with Gasteiger partial charge in [0.2, 0.25) is 0 Å². The third kappa shape index (κ3) is 2.55. The molecule has 1 rings (SSSR count). The van der Waals surface area contributed by atoms with Gasteiger partial charge < -0.3 is 9.53 Å². The third-order valence-corrected chi connectivity index (χ3v) is 2.57. The summed E-state index contributed by atoms with van der Waals surface area (Å²) in [5.41, 5.74) is -0.162. The summed E-state index contributed by atoms with van der Waals surface area (Å²) in [6.07, 6.45) is 4.84. The molecule has 0 unspecified atom stereocenters. The van der Waals surface area contributed by atoms with Crippen LogP contribution in [0.3, 0.4) is 0 Å². The number of halogens is 1. The molecule has 0 aromatic heterocycles. The van der Waals surface area contributed by atoms with Crippen LogP contribution in [0.4, 0.5) is 0 Å². The third-order valence-electron chi connectivity index (χ3n) is 2.13. The van der Waals surface area contributed by atoms with Crippen LogP contribution in [-0.4, -0.2) is 18.0 Å². The Kier molecular flexibility index (Phi) is 3.29. The molecule has 1 heterocycles. The van der Waals surface area contributed by atoms with Gasteiger partial charge in [-0.15, -0.1) is 0 Å². The van der Waals surface area contributed by atoms with Gasteiger partial charge in [0.1, 0.15) is 6.10 Å². The van der Waals surface area contributed by atoms with Crippen molar-refractivity contribution in [2.45, 2.75) is 38.4 Å². The van der Waals surface area contributed by atoms with Crippen LogP contribution < -0.4 is 0 Å². The molecule has 0 radical (unpaired) electrons. The average molecular weight is 280 g/mol. The van der Waals surface area contributed by atoms with E-state index in [4.69, 9.17) is 4.74 Å². The SMILES string of the molecule is C/C(I)=C\CC[C@@]1(C)O[C@@H]1C=O. The second kappa shape index (κ2) is 3.87. The minimum atomic E-state index is -0.162. The first-order valence-corrected chi connectivity index (χ1v) is 5.12. The van der Waals surface area contributed by atoms with Crippen molar-refractivity contribution in [1.82, 2.24) is 0 Å². The Balaban J connectivity index is 2.25. The van der Waals surface area contributed by atoms with Crippen LogP contribution >= 0.6 is 22.6 Å². The van der Waals surface area contributed by atoms with Gasteiger partial charge in [-0.05, 0) is 52.9 Å². The highest BCUT2D eigenvalue weighted by Crippen LogP contribution is 2.38. The molecule has 0 spiro atoms. The molecule has 0 aromatic rings. The van der Waals surface area contributed by atoms with Crippen molar-refractivity contribution in [3.8, 4) is 0 Å². The Labute approximate surface area is 86.5 Å². The van der Waals surface area contributed by atoms with Gasteiger partial charge in [0.15, 0.2) is 6.29 Å². The molecule has 3 heteroatoms. The molecule has 1 aliphatic heterocycles. The Morgan fingerprint density at radius 2 is 2.42 bits per heavy atom. The van der Waals surface area contributed by atoms with Crippen molar-refractivity contribution >= 4 is 28.9 Å². The molecule has 1 aliphatic rings. The van der Waals surface area contributed by atoms with Crippen molar-refractivity contribution < 1.29 is 9.53 Å². The second-order valence-corrected chi connectivity index (χ2v) is 5.02. The molecule has 1 saturated heterocycles. The molecule has 0 bridgehead atoms. The lowest BCUT2D eigenvalue weighted by molar-refractivity contribution is -0.108. The van der Waals surface area contributed by atoms with Crippen molar-refractivity contribution in [3.05, 3.63) is 9.66 Å². The maximum absolute atomic E-state index is 10.3. The number of hydrogen-bond donors (Lipinski definition) is 0. The maximum Gasteiger partial charge on any atom is 0.151 e. The first-order chi connectivity index (χ1) is 5.58. The zero-order valence-corrected chi connectivity index (χ0v) is 9.50. The van der Waals surface area contributed by atoms with E-state index >= 15 is 0 Å². The largest absolute Gasteiger partial charge is 0.358 e. The number of ether oxygens (including phenoxy) is 1. The molecule has 2 atom stereocenters. The summed E-state index contributed by atoms with van der Waals surface area (Å²) in [5.74, 6) is 0. The molecular weight excluding hydrogens is 267 g/mol. The standard InChI is InChI=1S/C9H13IO2/c1-7(10)4-3-5-9(2)8(6-11)12-9/h4,6,8H,3,5H2,1-2H3/b7-4+/t8-,9-/m1/s1. The van der Waals surface area contributed by atoms with Crippen LogP contribution in [0.15, 0.2) is 9.66 Å². The first kappa shape index (κ1) is 10.2. The molecule has 2 nitrogen and oxygen atoms in total. The number of rotatable bonds is 4. The summed E-state index contributed by atoms with van der Waals surface area (Å²) in [6.45, 7) is 4.05. The van der Waals surface area contributed by atoms with E-state index in [1.165, 1.54) is 3.58 Å².